The third kappa shape index (κ3) is 2.49. The average Bonchev–Trinajstić information content (AvgIpc) is 2.57. The molecule has 4 bridgehead atoms. The van der Waals surface area contributed by atoms with E-state index in [0.717, 1.165) is 37.9 Å². The Morgan fingerprint density at radius 2 is 1.85 bits per heavy atom. The fraction of sp³-hybridized carbons (Fsp3) is 0.682. The number of hydrogen-bond acceptors (Lipinski definition) is 2. The average molecular weight is 354 g/mol. The highest BCUT2D eigenvalue weighted by atomic mass is 16.3. The van der Waals surface area contributed by atoms with Crippen molar-refractivity contribution < 1.29 is 9.90 Å². The Labute approximate surface area is 156 Å². The lowest BCUT2D eigenvalue weighted by Gasteiger charge is -2.58. The van der Waals surface area contributed by atoms with Crippen molar-refractivity contribution in [2.45, 2.75) is 69.4 Å². The van der Waals surface area contributed by atoms with E-state index in [4.69, 9.17) is 0 Å². The summed E-state index contributed by atoms with van der Waals surface area (Å²) in [6, 6.07) is 8.63. The van der Waals surface area contributed by atoms with Gasteiger partial charge in [-0.25, -0.2) is 4.79 Å². The summed E-state index contributed by atoms with van der Waals surface area (Å²) < 4.78 is 0. The van der Waals surface area contributed by atoms with Gasteiger partial charge in [-0.3, -0.25) is 4.90 Å². The molecule has 0 aromatic heterocycles. The zero-order chi connectivity index (χ0) is 18.1. The Morgan fingerprint density at radius 1 is 1.15 bits per heavy atom. The van der Waals surface area contributed by atoms with Gasteiger partial charge in [-0.1, -0.05) is 32.0 Å². The molecule has 4 aliphatic carbocycles. The minimum absolute atomic E-state index is 0.0532. The number of hydrogen-bond donors (Lipinski definition) is 2. The van der Waals surface area contributed by atoms with E-state index in [1.54, 1.807) is 0 Å². The van der Waals surface area contributed by atoms with E-state index in [1.165, 1.54) is 18.4 Å². The fourth-order valence-electron chi connectivity index (χ4n) is 6.58. The van der Waals surface area contributed by atoms with E-state index in [1.807, 2.05) is 11.0 Å². The molecule has 2 unspecified atom stereocenters. The molecule has 4 nitrogen and oxygen atoms in total. The minimum Gasteiger partial charge on any atom is -0.390 e. The molecule has 1 aromatic rings. The normalized spacial score (nSPS) is 39.6. The molecule has 1 heterocycles. The number of rotatable bonds is 1. The fourth-order valence-corrected chi connectivity index (χ4v) is 6.58. The molecule has 1 aliphatic heterocycles. The van der Waals surface area contributed by atoms with Gasteiger partial charge in [0.1, 0.15) is 0 Å². The van der Waals surface area contributed by atoms with Gasteiger partial charge in [0.25, 0.3) is 0 Å². The van der Waals surface area contributed by atoms with Crippen LogP contribution in [0.25, 0.3) is 0 Å². The number of nitrogens with one attached hydrogen (secondary N) is 1. The maximum atomic E-state index is 13.2. The molecule has 6 rings (SSSR count). The van der Waals surface area contributed by atoms with Crippen molar-refractivity contribution >= 4 is 11.7 Å². The van der Waals surface area contributed by atoms with Crippen molar-refractivity contribution in [3.8, 4) is 0 Å². The molecule has 5 aliphatic rings. The number of carbonyl (C=O) groups excluding carboxylic acids is 1. The number of amides is 2. The zero-order valence-electron chi connectivity index (χ0n) is 15.9. The van der Waals surface area contributed by atoms with E-state index in [0.29, 0.717) is 17.8 Å². The number of aliphatic hydroxyl groups is 1. The molecule has 2 N–H and O–H groups in total. The summed E-state index contributed by atoms with van der Waals surface area (Å²) in [5, 5.41) is 14.2. The molecule has 2 amide bonds. The van der Waals surface area contributed by atoms with Crippen molar-refractivity contribution in [1.82, 2.24) is 5.32 Å². The van der Waals surface area contributed by atoms with Gasteiger partial charge in [0.05, 0.1) is 5.60 Å². The number of para-hydroxylation sites is 1. The molecular formula is C22H30N2O2. The maximum Gasteiger partial charge on any atom is 0.322 e. The summed E-state index contributed by atoms with van der Waals surface area (Å²) in [5.74, 6) is 1.57. The highest BCUT2D eigenvalue weighted by molar-refractivity contribution is 5.94. The molecule has 4 saturated carbocycles. The van der Waals surface area contributed by atoms with Crippen LogP contribution < -0.4 is 10.2 Å². The summed E-state index contributed by atoms with van der Waals surface area (Å²) in [5.41, 5.74) is 1.99. The Balaban J connectivity index is 1.37. The number of urea groups is 1. The maximum absolute atomic E-state index is 13.2. The molecule has 0 spiro atoms. The van der Waals surface area contributed by atoms with Gasteiger partial charge < -0.3 is 10.4 Å². The summed E-state index contributed by atoms with van der Waals surface area (Å²) >= 11 is 0. The first-order valence-corrected chi connectivity index (χ1v) is 10.2. The summed E-state index contributed by atoms with van der Waals surface area (Å²) in [6.07, 6.45) is 6.05. The largest absolute Gasteiger partial charge is 0.390 e. The van der Waals surface area contributed by atoms with Crippen molar-refractivity contribution in [2.75, 3.05) is 11.4 Å². The van der Waals surface area contributed by atoms with E-state index in [9.17, 15) is 9.90 Å². The monoisotopic (exact) mass is 354 g/mol. The molecule has 0 saturated heterocycles. The smallest absolute Gasteiger partial charge is 0.322 e. The van der Waals surface area contributed by atoms with E-state index >= 15 is 0 Å². The second-order valence-corrected chi connectivity index (χ2v) is 9.97. The standard InChI is InChI=1S/C22H30N2O2/c1-21(2)7-8-24(18-6-4-3-5-17(18)21)20(25)23-19-15-9-14-10-16(19)13-22(26,11-14)12-15/h3-6,14-16,19,26H,7-13H2,1-2H3,(H,23,25)/t14?,15?,16?,19-,22-. The first-order chi connectivity index (χ1) is 12.3. The second-order valence-electron chi connectivity index (χ2n) is 9.97. The van der Waals surface area contributed by atoms with Crippen molar-refractivity contribution in [2.24, 2.45) is 17.8 Å². The van der Waals surface area contributed by atoms with E-state index in [-0.39, 0.29) is 17.5 Å². The lowest BCUT2D eigenvalue weighted by atomic mass is 9.52. The molecule has 0 radical (unpaired) electrons. The Bertz CT molecular complexity index is 727. The minimum atomic E-state index is -0.445. The number of anilines is 1. The predicted molar refractivity (Wildman–Crippen MR) is 102 cm³/mol. The van der Waals surface area contributed by atoms with Crippen LogP contribution in [0.1, 0.15) is 57.9 Å². The topological polar surface area (TPSA) is 52.6 Å². The number of fused-ring (bicyclic) bond motifs is 1. The van der Waals surface area contributed by atoms with Gasteiger partial charge in [-0.2, -0.15) is 0 Å². The van der Waals surface area contributed by atoms with Gasteiger partial charge in [-0.05, 0) is 73.3 Å². The lowest BCUT2D eigenvalue weighted by Crippen LogP contribution is -2.63. The molecule has 4 heteroatoms. The summed E-state index contributed by atoms with van der Waals surface area (Å²) in [4.78, 5) is 15.1. The Morgan fingerprint density at radius 3 is 2.54 bits per heavy atom. The lowest BCUT2D eigenvalue weighted by molar-refractivity contribution is -0.136. The second kappa shape index (κ2) is 5.48. The molecule has 1 aromatic carbocycles. The highest BCUT2D eigenvalue weighted by Crippen LogP contribution is 2.55. The van der Waals surface area contributed by atoms with E-state index < -0.39 is 5.60 Å². The van der Waals surface area contributed by atoms with Crippen LogP contribution in [0.2, 0.25) is 0 Å². The van der Waals surface area contributed by atoms with Crippen LogP contribution >= 0.6 is 0 Å². The van der Waals surface area contributed by atoms with Crippen molar-refractivity contribution in [3.05, 3.63) is 29.8 Å². The van der Waals surface area contributed by atoms with Crippen molar-refractivity contribution in [1.29, 1.82) is 0 Å². The SMILES string of the molecule is CC1(C)CCN(C(=O)N[C@H]2C3CC4CC2C[C@](O)(C4)C3)c2ccccc21. The number of carbonyl (C=O) groups is 1. The Hall–Kier alpha value is -1.55. The van der Waals surface area contributed by atoms with Gasteiger partial charge in [0, 0.05) is 18.3 Å². The third-order valence-corrected chi connectivity index (χ3v) is 7.66. The third-order valence-electron chi connectivity index (χ3n) is 7.66. The molecule has 26 heavy (non-hydrogen) atoms. The van der Waals surface area contributed by atoms with Gasteiger partial charge in [-0.15, -0.1) is 0 Å². The predicted octanol–water partition coefficient (Wildman–Crippen LogP) is 3.82. The number of nitrogens with zero attached hydrogens (tertiary/aromatic N) is 1. The molecular weight excluding hydrogens is 324 g/mol. The first kappa shape index (κ1) is 16.6. The quantitative estimate of drug-likeness (QED) is 0.805. The van der Waals surface area contributed by atoms with Gasteiger partial charge in [0.15, 0.2) is 0 Å². The zero-order valence-corrected chi connectivity index (χ0v) is 15.9. The van der Waals surface area contributed by atoms with Crippen LogP contribution in [-0.2, 0) is 5.41 Å². The van der Waals surface area contributed by atoms with Crippen LogP contribution in [0.5, 0.6) is 0 Å². The van der Waals surface area contributed by atoms with Crippen molar-refractivity contribution in [3.63, 3.8) is 0 Å². The van der Waals surface area contributed by atoms with Crippen LogP contribution in [0.15, 0.2) is 24.3 Å². The van der Waals surface area contributed by atoms with Gasteiger partial charge in [0.2, 0.25) is 0 Å². The van der Waals surface area contributed by atoms with Crippen LogP contribution in [-0.4, -0.2) is 29.3 Å². The number of benzene rings is 1. The highest BCUT2D eigenvalue weighted by Gasteiger charge is 2.55. The molecule has 4 fully saturated rings. The first-order valence-electron chi connectivity index (χ1n) is 10.2. The van der Waals surface area contributed by atoms with Crippen LogP contribution in [0, 0.1) is 17.8 Å². The summed E-state index contributed by atoms with van der Waals surface area (Å²) in [6.45, 7) is 5.30. The Kier molecular flexibility index (Phi) is 3.50. The van der Waals surface area contributed by atoms with Crippen LogP contribution in [0.4, 0.5) is 10.5 Å². The summed E-state index contributed by atoms with van der Waals surface area (Å²) in [7, 11) is 0. The molecule has 140 valence electrons. The van der Waals surface area contributed by atoms with Gasteiger partial charge >= 0.3 is 6.03 Å². The van der Waals surface area contributed by atoms with Crippen LogP contribution in [0.3, 0.4) is 0 Å². The molecule has 2 atom stereocenters. The van der Waals surface area contributed by atoms with E-state index in [2.05, 4.69) is 37.4 Å².